The Balaban J connectivity index is 0.00000529. The van der Waals surface area contributed by atoms with Crippen LogP contribution in [-0.4, -0.2) is 56.7 Å². The van der Waals surface area contributed by atoms with Crippen molar-refractivity contribution >= 4 is 41.5 Å². The first-order valence-electron chi connectivity index (χ1n) is 7.79. The van der Waals surface area contributed by atoms with Crippen LogP contribution in [0.3, 0.4) is 0 Å². The molecule has 0 bridgehead atoms. The van der Waals surface area contributed by atoms with Crippen LogP contribution in [0.5, 0.6) is 5.75 Å². The van der Waals surface area contributed by atoms with Crippen molar-refractivity contribution in [1.82, 2.24) is 15.5 Å². The summed E-state index contributed by atoms with van der Waals surface area (Å²) in [6.45, 7) is 7.83. The number of benzene rings is 1. The highest BCUT2D eigenvalue weighted by atomic mass is 127. The zero-order chi connectivity index (χ0) is 17.5. The molecule has 1 atom stereocenters. The van der Waals surface area contributed by atoms with Gasteiger partial charge in [0.05, 0.1) is 6.54 Å². The summed E-state index contributed by atoms with van der Waals surface area (Å²) in [4.78, 5) is 6.42. The Labute approximate surface area is 168 Å². The Morgan fingerprint density at radius 1 is 1.25 bits per heavy atom. The number of nitrogens with zero attached hydrogens (tertiary/aromatic N) is 2. The van der Waals surface area contributed by atoms with Crippen LogP contribution in [0.4, 0.5) is 0 Å². The van der Waals surface area contributed by atoms with Crippen molar-refractivity contribution in [3.05, 3.63) is 29.3 Å². The van der Waals surface area contributed by atoms with Gasteiger partial charge in [0.15, 0.2) is 5.96 Å². The average Bonchev–Trinajstić information content (AvgIpc) is 2.49. The normalized spacial score (nSPS) is 13.2. The second kappa shape index (κ2) is 11.0. The van der Waals surface area contributed by atoms with Crippen LogP contribution in [0.2, 0.25) is 5.02 Å². The van der Waals surface area contributed by atoms with Gasteiger partial charge in [0, 0.05) is 24.2 Å². The first-order chi connectivity index (χ1) is 10.7. The molecule has 0 spiro atoms. The molecule has 24 heavy (non-hydrogen) atoms. The van der Waals surface area contributed by atoms with E-state index in [2.05, 4.69) is 48.5 Å². The number of hydrogen-bond donors (Lipinski definition) is 2. The van der Waals surface area contributed by atoms with E-state index < -0.39 is 0 Å². The van der Waals surface area contributed by atoms with Gasteiger partial charge in [0.2, 0.25) is 0 Å². The number of nitrogens with one attached hydrogen (secondary N) is 2. The summed E-state index contributed by atoms with van der Waals surface area (Å²) >= 11 is 5.87. The number of ether oxygens (including phenoxy) is 1. The van der Waals surface area contributed by atoms with E-state index >= 15 is 0 Å². The fourth-order valence-electron chi connectivity index (χ4n) is 1.71. The van der Waals surface area contributed by atoms with E-state index in [4.69, 9.17) is 16.3 Å². The third kappa shape index (κ3) is 8.39. The van der Waals surface area contributed by atoms with Gasteiger partial charge in [0.1, 0.15) is 11.9 Å². The third-order valence-electron chi connectivity index (χ3n) is 3.83. The molecule has 138 valence electrons. The Morgan fingerprint density at radius 2 is 1.83 bits per heavy atom. The third-order valence-corrected chi connectivity index (χ3v) is 4.08. The molecule has 0 saturated carbocycles. The lowest BCUT2D eigenvalue weighted by atomic mass is 10.0. The molecule has 1 aromatic carbocycles. The minimum atomic E-state index is 0. The largest absolute Gasteiger partial charge is 0.489 e. The predicted molar refractivity (Wildman–Crippen MR) is 114 cm³/mol. The number of aliphatic imine (C=N–C) groups is 1. The molecule has 0 aromatic heterocycles. The van der Waals surface area contributed by atoms with Gasteiger partial charge < -0.3 is 20.3 Å². The lowest BCUT2D eigenvalue weighted by molar-refractivity contribution is 0.196. The Hall–Kier alpha value is -0.730. The summed E-state index contributed by atoms with van der Waals surface area (Å²) in [5, 5.41) is 7.33. The molecular formula is C17H30ClIN4O. The van der Waals surface area contributed by atoms with E-state index in [0.717, 1.165) is 18.3 Å². The van der Waals surface area contributed by atoms with Crippen LogP contribution in [-0.2, 0) is 0 Å². The molecular weight excluding hydrogens is 439 g/mol. The molecule has 0 aliphatic carbocycles. The molecule has 0 aliphatic rings. The highest BCUT2D eigenvalue weighted by Gasteiger charge is 2.20. The summed E-state index contributed by atoms with van der Waals surface area (Å²) in [7, 11) is 5.91. The van der Waals surface area contributed by atoms with Crippen molar-refractivity contribution in [2.24, 2.45) is 4.99 Å². The Morgan fingerprint density at radius 3 is 2.33 bits per heavy atom. The number of guanidine groups is 1. The Kier molecular flexibility index (Phi) is 10.7. The second-order valence-electron chi connectivity index (χ2n) is 6.40. The quantitative estimate of drug-likeness (QED) is 0.366. The average molecular weight is 469 g/mol. The van der Waals surface area contributed by atoms with Crippen LogP contribution < -0.4 is 15.4 Å². The summed E-state index contributed by atoms with van der Waals surface area (Å²) < 4.78 is 5.84. The van der Waals surface area contributed by atoms with Gasteiger partial charge in [-0.05, 0) is 59.1 Å². The van der Waals surface area contributed by atoms with Gasteiger partial charge in [-0.2, -0.15) is 0 Å². The zero-order valence-electron chi connectivity index (χ0n) is 15.4. The van der Waals surface area contributed by atoms with E-state index in [1.165, 1.54) is 0 Å². The van der Waals surface area contributed by atoms with Crippen LogP contribution in [0.25, 0.3) is 0 Å². The predicted octanol–water partition coefficient (Wildman–Crippen LogP) is 3.23. The molecule has 7 heteroatoms. The van der Waals surface area contributed by atoms with E-state index in [0.29, 0.717) is 11.6 Å². The maximum absolute atomic E-state index is 5.87. The van der Waals surface area contributed by atoms with Crippen LogP contribution in [0, 0.1) is 0 Å². The molecule has 0 fully saturated rings. The topological polar surface area (TPSA) is 48.9 Å². The van der Waals surface area contributed by atoms with Gasteiger partial charge in [0.25, 0.3) is 0 Å². The maximum atomic E-state index is 5.87. The number of hydrogen-bond acceptors (Lipinski definition) is 3. The van der Waals surface area contributed by atoms with Crippen molar-refractivity contribution in [1.29, 1.82) is 0 Å². The highest BCUT2D eigenvalue weighted by molar-refractivity contribution is 14.0. The molecule has 2 N–H and O–H groups in total. The molecule has 1 aromatic rings. The van der Waals surface area contributed by atoms with E-state index in [1.54, 1.807) is 7.05 Å². The monoisotopic (exact) mass is 468 g/mol. The van der Waals surface area contributed by atoms with Gasteiger partial charge in [-0.1, -0.05) is 11.6 Å². The van der Waals surface area contributed by atoms with E-state index in [1.807, 2.05) is 31.2 Å². The SMILES string of the molecule is CN=C(NCC(C)Oc1ccc(Cl)cc1)NCC(C)(C)N(C)C.I. The molecule has 0 saturated heterocycles. The zero-order valence-corrected chi connectivity index (χ0v) is 18.5. The number of rotatable bonds is 7. The molecule has 0 radical (unpaired) electrons. The molecule has 1 unspecified atom stereocenters. The van der Waals surface area contributed by atoms with Gasteiger partial charge in [-0.15, -0.1) is 24.0 Å². The number of likely N-dealkylation sites (N-methyl/N-ethyl adjacent to an activating group) is 1. The highest BCUT2D eigenvalue weighted by Crippen LogP contribution is 2.16. The van der Waals surface area contributed by atoms with E-state index in [-0.39, 0.29) is 35.6 Å². The maximum Gasteiger partial charge on any atom is 0.191 e. The van der Waals surface area contributed by atoms with Crippen molar-refractivity contribution < 1.29 is 4.74 Å². The minimum absolute atomic E-state index is 0. The van der Waals surface area contributed by atoms with Crippen LogP contribution >= 0.6 is 35.6 Å². The standard InChI is InChI=1S/C17H29ClN4O.HI/c1-13(23-15-9-7-14(18)8-10-15)11-20-16(19-4)21-12-17(2,3)22(5)6;/h7-10,13H,11-12H2,1-6H3,(H2,19,20,21);1H. The number of halogens is 2. The lowest BCUT2D eigenvalue weighted by Crippen LogP contribution is -2.51. The van der Waals surface area contributed by atoms with E-state index in [9.17, 15) is 0 Å². The fourth-order valence-corrected chi connectivity index (χ4v) is 1.83. The summed E-state index contributed by atoms with van der Waals surface area (Å²) in [5.74, 6) is 1.58. The van der Waals surface area contributed by atoms with Crippen LogP contribution in [0.1, 0.15) is 20.8 Å². The van der Waals surface area contributed by atoms with Gasteiger partial charge in [-0.25, -0.2) is 0 Å². The summed E-state index contributed by atoms with van der Waals surface area (Å²) in [5.41, 5.74) is 0.0447. The first-order valence-corrected chi connectivity index (χ1v) is 8.16. The van der Waals surface area contributed by atoms with Crippen molar-refractivity contribution in [3.63, 3.8) is 0 Å². The van der Waals surface area contributed by atoms with Crippen molar-refractivity contribution in [3.8, 4) is 5.75 Å². The molecule has 0 aliphatic heterocycles. The summed E-state index contributed by atoms with van der Waals surface area (Å²) in [6, 6.07) is 7.37. The minimum Gasteiger partial charge on any atom is -0.489 e. The van der Waals surface area contributed by atoms with Gasteiger partial charge in [-0.3, -0.25) is 4.99 Å². The van der Waals surface area contributed by atoms with Gasteiger partial charge >= 0.3 is 0 Å². The van der Waals surface area contributed by atoms with Crippen LogP contribution in [0.15, 0.2) is 29.3 Å². The van der Waals surface area contributed by atoms with Crippen molar-refractivity contribution in [2.45, 2.75) is 32.4 Å². The second-order valence-corrected chi connectivity index (χ2v) is 6.83. The Bertz CT molecular complexity index is 506. The molecule has 0 heterocycles. The summed E-state index contributed by atoms with van der Waals surface area (Å²) in [6.07, 6.45) is 0.0107. The van der Waals surface area contributed by atoms with Crippen molar-refractivity contribution in [2.75, 3.05) is 34.2 Å². The smallest absolute Gasteiger partial charge is 0.191 e. The molecule has 0 amide bonds. The molecule has 1 rings (SSSR count). The molecule has 5 nitrogen and oxygen atoms in total. The lowest BCUT2D eigenvalue weighted by Gasteiger charge is -2.33. The first kappa shape index (κ1) is 23.3. The fraction of sp³-hybridized carbons (Fsp3) is 0.588.